The molecule has 0 spiro atoms. The van der Waals surface area contributed by atoms with Crippen LogP contribution in [0.5, 0.6) is 0 Å². The van der Waals surface area contributed by atoms with E-state index >= 15 is 0 Å². The molecule has 2 atom stereocenters. The van der Waals surface area contributed by atoms with E-state index in [-0.39, 0.29) is 30.9 Å². The number of hydrogen-bond donors (Lipinski definition) is 3. The highest BCUT2D eigenvalue weighted by Crippen LogP contribution is 2.44. The molecule has 1 saturated carbocycles. The van der Waals surface area contributed by atoms with Crippen LogP contribution in [-0.2, 0) is 14.3 Å². The Labute approximate surface area is 199 Å². The van der Waals surface area contributed by atoms with E-state index < -0.39 is 23.5 Å². The summed E-state index contributed by atoms with van der Waals surface area (Å²) >= 11 is 0. The van der Waals surface area contributed by atoms with Crippen molar-refractivity contribution in [1.29, 1.82) is 0 Å². The van der Waals surface area contributed by atoms with Crippen LogP contribution in [0, 0.1) is 5.92 Å². The number of carboxylic acids is 1. The Morgan fingerprint density at radius 1 is 0.971 bits per heavy atom. The molecule has 3 N–H and O–H groups in total. The maximum absolute atomic E-state index is 12.9. The summed E-state index contributed by atoms with van der Waals surface area (Å²) in [6.07, 6.45) is 2.43. The first-order valence-electron chi connectivity index (χ1n) is 11.9. The molecule has 7 heteroatoms. The first-order valence-corrected chi connectivity index (χ1v) is 11.9. The third-order valence-corrected chi connectivity index (χ3v) is 6.80. The second-order valence-electron chi connectivity index (χ2n) is 9.91. The molecule has 0 heterocycles. The van der Waals surface area contributed by atoms with Gasteiger partial charge in [-0.25, -0.2) is 4.79 Å². The van der Waals surface area contributed by atoms with E-state index in [0.29, 0.717) is 12.8 Å². The first kappa shape index (κ1) is 23.8. The Hall–Kier alpha value is -3.35. The molecule has 2 aromatic rings. The highest BCUT2D eigenvalue weighted by molar-refractivity contribution is 5.82. The lowest BCUT2D eigenvalue weighted by molar-refractivity contribution is -0.139. The summed E-state index contributed by atoms with van der Waals surface area (Å²) in [4.78, 5) is 36.8. The topological polar surface area (TPSA) is 105 Å². The lowest BCUT2D eigenvalue weighted by atomic mass is 9.83. The zero-order valence-electron chi connectivity index (χ0n) is 19.7. The Kier molecular flexibility index (Phi) is 6.91. The van der Waals surface area contributed by atoms with Gasteiger partial charge in [0.05, 0.1) is 12.3 Å². The average molecular weight is 465 g/mol. The second-order valence-corrected chi connectivity index (χ2v) is 9.91. The van der Waals surface area contributed by atoms with Crippen LogP contribution in [0.3, 0.4) is 0 Å². The van der Waals surface area contributed by atoms with Gasteiger partial charge in [0.2, 0.25) is 5.91 Å². The quantitative estimate of drug-likeness (QED) is 0.561. The molecule has 1 fully saturated rings. The predicted octanol–water partition coefficient (Wildman–Crippen LogP) is 4.45. The highest BCUT2D eigenvalue weighted by atomic mass is 16.5. The van der Waals surface area contributed by atoms with Crippen molar-refractivity contribution in [3.63, 3.8) is 0 Å². The van der Waals surface area contributed by atoms with Crippen LogP contribution in [0.2, 0.25) is 0 Å². The van der Waals surface area contributed by atoms with Crippen LogP contribution < -0.4 is 10.6 Å². The summed E-state index contributed by atoms with van der Waals surface area (Å²) in [5.41, 5.74) is 3.76. The standard InChI is InChI=1S/C27H32N2O5/c1-27(2,15-24(30)31)29-25(32)21-13-7-8-14-23(21)28-26(33)34-16-22-19-11-5-3-9-17(19)18-10-4-6-12-20(18)22/h3-6,9-12,21-23H,7-8,13-16H2,1-2H3,(H,28,33)(H,29,32)(H,30,31)/t21-,23+/m1/s1. The van der Waals surface area contributed by atoms with Crippen LogP contribution in [0.25, 0.3) is 11.1 Å². The highest BCUT2D eigenvalue weighted by Gasteiger charge is 2.36. The smallest absolute Gasteiger partial charge is 0.407 e. The van der Waals surface area contributed by atoms with Gasteiger partial charge in [-0.3, -0.25) is 9.59 Å². The van der Waals surface area contributed by atoms with Crippen LogP contribution in [0.1, 0.15) is 63.0 Å². The number of nitrogens with one attached hydrogen (secondary N) is 2. The largest absolute Gasteiger partial charge is 0.481 e. The summed E-state index contributed by atoms with van der Waals surface area (Å²) in [7, 11) is 0. The molecule has 2 aliphatic rings. The Morgan fingerprint density at radius 3 is 2.18 bits per heavy atom. The maximum atomic E-state index is 12.9. The fourth-order valence-corrected chi connectivity index (χ4v) is 5.26. The lowest BCUT2D eigenvalue weighted by Gasteiger charge is -2.34. The minimum atomic E-state index is -0.970. The summed E-state index contributed by atoms with van der Waals surface area (Å²) < 4.78 is 5.66. The van der Waals surface area contributed by atoms with E-state index in [4.69, 9.17) is 9.84 Å². The molecule has 2 amide bonds. The van der Waals surface area contributed by atoms with E-state index in [2.05, 4.69) is 34.9 Å². The third kappa shape index (κ3) is 5.24. The molecule has 4 rings (SSSR count). The number of rotatable bonds is 7. The van der Waals surface area contributed by atoms with Crippen molar-refractivity contribution in [2.45, 2.75) is 63.5 Å². The van der Waals surface area contributed by atoms with Gasteiger partial charge in [0, 0.05) is 17.5 Å². The number of alkyl carbamates (subject to hydrolysis) is 1. The van der Waals surface area contributed by atoms with Gasteiger partial charge < -0.3 is 20.5 Å². The van der Waals surface area contributed by atoms with Crippen molar-refractivity contribution < 1.29 is 24.2 Å². The average Bonchev–Trinajstić information content (AvgIpc) is 3.10. The van der Waals surface area contributed by atoms with Crippen LogP contribution in [0.4, 0.5) is 4.79 Å². The summed E-state index contributed by atoms with van der Waals surface area (Å²) in [5.74, 6) is -1.64. The van der Waals surface area contributed by atoms with Gasteiger partial charge >= 0.3 is 12.1 Å². The van der Waals surface area contributed by atoms with Gasteiger partial charge in [-0.15, -0.1) is 0 Å². The fraction of sp³-hybridized carbons (Fsp3) is 0.444. The Bertz CT molecular complexity index is 1030. The number of amides is 2. The van der Waals surface area contributed by atoms with E-state index in [0.717, 1.165) is 24.0 Å². The van der Waals surface area contributed by atoms with E-state index in [1.54, 1.807) is 13.8 Å². The van der Waals surface area contributed by atoms with Gasteiger partial charge in [-0.1, -0.05) is 61.4 Å². The van der Waals surface area contributed by atoms with Gasteiger partial charge in [-0.05, 0) is 48.9 Å². The van der Waals surface area contributed by atoms with Crippen molar-refractivity contribution in [3.8, 4) is 11.1 Å². The Balaban J connectivity index is 1.38. The number of carbonyl (C=O) groups is 3. The zero-order chi connectivity index (χ0) is 24.3. The SMILES string of the molecule is CC(C)(CC(=O)O)NC(=O)[C@@H]1CCCC[C@@H]1NC(=O)OCC1c2ccccc2-c2ccccc21. The number of benzene rings is 2. The number of carboxylic acid groups (broad SMARTS) is 1. The molecule has 2 aliphatic carbocycles. The molecule has 0 unspecified atom stereocenters. The number of ether oxygens (including phenoxy) is 1. The molecule has 2 aromatic carbocycles. The van der Waals surface area contributed by atoms with Gasteiger partial charge in [0.25, 0.3) is 0 Å². The van der Waals surface area contributed by atoms with Gasteiger partial charge in [0.15, 0.2) is 0 Å². The molecule has 0 aromatic heterocycles. The van der Waals surface area contributed by atoms with E-state index in [1.807, 2.05) is 24.3 Å². The normalized spacial score (nSPS) is 19.6. The molecular weight excluding hydrogens is 432 g/mol. The predicted molar refractivity (Wildman–Crippen MR) is 128 cm³/mol. The molecule has 0 aliphatic heterocycles. The minimum absolute atomic E-state index is 0.0274. The fourth-order valence-electron chi connectivity index (χ4n) is 5.26. The molecule has 7 nitrogen and oxygen atoms in total. The molecule has 180 valence electrons. The number of carbonyl (C=O) groups excluding carboxylic acids is 2. The van der Waals surface area contributed by atoms with E-state index in [9.17, 15) is 14.4 Å². The number of aliphatic carboxylic acids is 1. The third-order valence-electron chi connectivity index (χ3n) is 6.80. The van der Waals surface area contributed by atoms with Crippen molar-refractivity contribution >= 4 is 18.0 Å². The second kappa shape index (κ2) is 9.87. The van der Waals surface area contributed by atoms with Crippen LogP contribution >= 0.6 is 0 Å². The van der Waals surface area contributed by atoms with Crippen LogP contribution in [0.15, 0.2) is 48.5 Å². The summed E-state index contributed by atoms with van der Waals surface area (Å²) in [5, 5.41) is 14.8. The monoisotopic (exact) mass is 464 g/mol. The molecule has 0 saturated heterocycles. The van der Waals surface area contributed by atoms with Gasteiger partial charge in [-0.2, -0.15) is 0 Å². The number of hydrogen-bond acceptors (Lipinski definition) is 4. The summed E-state index contributed by atoms with van der Waals surface area (Å²) in [6.45, 7) is 3.60. The number of fused-ring (bicyclic) bond motifs is 3. The van der Waals surface area contributed by atoms with Crippen molar-refractivity contribution in [1.82, 2.24) is 10.6 Å². The first-order chi connectivity index (χ1) is 16.2. The molecule has 0 bridgehead atoms. The molecule has 0 radical (unpaired) electrons. The molecular formula is C27H32N2O5. The Morgan fingerprint density at radius 2 is 1.56 bits per heavy atom. The van der Waals surface area contributed by atoms with Crippen molar-refractivity contribution in [3.05, 3.63) is 59.7 Å². The van der Waals surface area contributed by atoms with Gasteiger partial charge in [0.1, 0.15) is 6.61 Å². The van der Waals surface area contributed by atoms with Crippen LogP contribution in [-0.4, -0.2) is 41.3 Å². The van der Waals surface area contributed by atoms with Crippen molar-refractivity contribution in [2.24, 2.45) is 5.92 Å². The molecule has 34 heavy (non-hydrogen) atoms. The lowest BCUT2D eigenvalue weighted by Crippen LogP contribution is -2.53. The van der Waals surface area contributed by atoms with E-state index in [1.165, 1.54) is 11.1 Å². The minimum Gasteiger partial charge on any atom is -0.481 e. The maximum Gasteiger partial charge on any atom is 0.407 e. The van der Waals surface area contributed by atoms with Crippen molar-refractivity contribution in [2.75, 3.05) is 6.61 Å². The summed E-state index contributed by atoms with van der Waals surface area (Å²) in [6, 6.07) is 16.0. The zero-order valence-corrected chi connectivity index (χ0v) is 19.7.